The van der Waals surface area contributed by atoms with Gasteiger partial charge >= 0.3 is 0 Å². The highest BCUT2D eigenvalue weighted by Gasteiger charge is 2.13. The molecular formula is C20H19ClN4O2. The van der Waals surface area contributed by atoms with Gasteiger partial charge in [0.15, 0.2) is 6.61 Å². The average Bonchev–Trinajstić information content (AvgIpc) is 2.96. The van der Waals surface area contributed by atoms with Crippen molar-refractivity contribution < 1.29 is 9.53 Å². The van der Waals surface area contributed by atoms with Gasteiger partial charge in [0.2, 0.25) is 0 Å². The summed E-state index contributed by atoms with van der Waals surface area (Å²) in [7, 11) is 0. The molecule has 0 aliphatic heterocycles. The Hall–Kier alpha value is -3.12. The molecule has 0 atom stereocenters. The molecule has 7 heteroatoms. The van der Waals surface area contributed by atoms with Crippen LogP contribution in [0.3, 0.4) is 0 Å². The van der Waals surface area contributed by atoms with E-state index >= 15 is 0 Å². The molecule has 1 N–H and O–H groups in total. The highest BCUT2D eigenvalue weighted by atomic mass is 35.5. The lowest BCUT2D eigenvalue weighted by Crippen LogP contribution is -2.24. The molecule has 1 heterocycles. The Labute approximate surface area is 162 Å². The smallest absolute Gasteiger partial charge is 0.277 e. The van der Waals surface area contributed by atoms with Gasteiger partial charge in [-0.15, -0.1) is 0 Å². The quantitative estimate of drug-likeness (QED) is 0.522. The molecule has 1 amide bonds. The molecule has 0 radical (unpaired) electrons. The molecule has 6 nitrogen and oxygen atoms in total. The van der Waals surface area contributed by atoms with Crippen LogP contribution in [-0.2, 0) is 4.79 Å². The monoisotopic (exact) mass is 382 g/mol. The summed E-state index contributed by atoms with van der Waals surface area (Å²) >= 11 is 6.41. The van der Waals surface area contributed by atoms with Gasteiger partial charge in [-0.05, 0) is 38.1 Å². The fourth-order valence-electron chi connectivity index (χ4n) is 2.38. The van der Waals surface area contributed by atoms with E-state index in [0.717, 1.165) is 11.3 Å². The number of halogens is 1. The number of carbonyl (C=O) groups excluding carboxylic acids is 1. The zero-order valence-corrected chi connectivity index (χ0v) is 15.8. The van der Waals surface area contributed by atoms with Gasteiger partial charge in [0.25, 0.3) is 5.91 Å². The Balaban J connectivity index is 1.60. The molecule has 0 aliphatic carbocycles. The molecule has 27 heavy (non-hydrogen) atoms. The lowest BCUT2D eigenvalue weighted by atomic mass is 10.2. The first-order chi connectivity index (χ1) is 13.0. The van der Waals surface area contributed by atoms with E-state index in [2.05, 4.69) is 15.6 Å². The Morgan fingerprint density at radius 1 is 1.19 bits per heavy atom. The summed E-state index contributed by atoms with van der Waals surface area (Å²) in [5, 5.41) is 8.80. The fourth-order valence-corrected chi connectivity index (χ4v) is 2.70. The average molecular weight is 383 g/mol. The van der Waals surface area contributed by atoms with Gasteiger partial charge in [-0.2, -0.15) is 10.2 Å². The number of hydrogen-bond acceptors (Lipinski definition) is 4. The Kier molecular flexibility index (Phi) is 5.88. The van der Waals surface area contributed by atoms with Crippen molar-refractivity contribution in [2.24, 2.45) is 5.10 Å². The van der Waals surface area contributed by atoms with Crippen LogP contribution < -0.4 is 10.2 Å². The number of amides is 1. The Bertz CT molecular complexity index is 950. The Morgan fingerprint density at radius 3 is 2.59 bits per heavy atom. The molecule has 1 aromatic heterocycles. The molecule has 0 unspecified atom stereocenters. The predicted molar refractivity (Wildman–Crippen MR) is 106 cm³/mol. The van der Waals surface area contributed by atoms with E-state index in [1.165, 1.54) is 6.21 Å². The summed E-state index contributed by atoms with van der Waals surface area (Å²) in [5.74, 6) is 0.263. The van der Waals surface area contributed by atoms with Crippen LogP contribution in [0.25, 0.3) is 5.69 Å². The van der Waals surface area contributed by atoms with E-state index in [1.54, 1.807) is 4.68 Å². The van der Waals surface area contributed by atoms with Crippen molar-refractivity contribution in [3.8, 4) is 11.4 Å². The van der Waals surface area contributed by atoms with Crippen molar-refractivity contribution in [3.63, 3.8) is 0 Å². The number of aromatic nitrogens is 2. The molecule has 0 aliphatic rings. The van der Waals surface area contributed by atoms with E-state index in [1.807, 2.05) is 68.4 Å². The van der Waals surface area contributed by atoms with E-state index in [0.29, 0.717) is 22.2 Å². The molecule has 0 fully saturated rings. The number of para-hydroxylation sites is 1. The van der Waals surface area contributed by atoms with Crippen molar-refractivity contribution in [2.45, 2.75) is 13.8 Å². The molecule has 0 saturated heterocycles. The van der Waals surface area contributed by atoms with E-state index in [4.69, 9.17) is 16.3 Å². The second-order valence-corrected chi connectivity index (χ2v) is 6.29. The number of hydrogen-bond donors (Lipinski definition) is 1. The largest absolute Gasteiger partial charge is 0.484 e. The van der Waals surface area contributed by atoms with Gasteiger partial charge in [-0.1, -0.05) is 47.5 Å². The minimum Gasteiger partial charge on any atom is -0.484 e. The first-order valence-corrected chi connectivity index (χ1v) is 8.74. The van der Waals surface area contributed by atoms with Crippen molar-refractivity contribution in [1.82, 2.24) is 15.2 Å². The van der Waals surface area contributed by atoms with E-state index in [-0.39, 0.29) is 12.5 Å². The summed E-state index contributed by atoms with van der Waals surface area (Å²) < 4.78 is 7.03. The van der Waals surface area contributed by atoms with Crippen LogP contribution in [0.15, 0.2) is 59.7 Å². The molecule has 0 saturated carbocycles. The topological polar surface area (TPSA) is 68.5 Å². The van der Waals surface area contributed by atoms with Crippen molar-refractivity contribution in [2.75, 3.05) is 6.61 Å². The number of rotatable bonds is 6. The predicted octanol–water partition coefficient (Wildman–Crippen LogP) is 3.67. The first-order valence-electron chi connectivity index (χ1n) is 8.36. The van der Waals surface area contributed by atoms with Crippen molar-refractivity contribution in [1.29, 1.82) is 0 Å². The van der Waals surface area contributed by atoms with Gasteiger partial charge in [-0.3, -0.25) is 4.79 Å². The number of carbonyl (C=O) groups is 1. The maximum absolute atomic E-state index is 11.9. The molecular weight excluding hydrogens is 364 g/mol. The lowest BCUT2D eigenvalue weighted by Gasteiger charge is -2.05. The number of benzene rings is 2. The highest BCUT2D eigenvalue weighted by Crippen LogP contribution is 2.21. The van der Waals surface area contributed by atoms with Crippen molar-refractivity contribution in [3.05, 3.63) is 76.6 Å². The summed E-state index contributed by atoms with van der Waals surface area (Å²) in [6, 6.07) is 17.0. The summed E-state index contributed by atoms with van der Waals surface area (Å²) in [6.07, 6.45) is 1.48. The second kappa shape index (κ2) is 8.51. The first kappa shape index (κ1) is 18.7. The van der Waals surface area contributed by atoms with Crippen LogP contribution in [0, 0.1) is 13.8 Å². The minimum atomic E-state index is -0.365. The number of nitrogens with one attached hydrogen (secondary N) is 1. The van der Waals surface area contributed by atoms with Crippen LogP contribution in [0.5, 0.6) is 5.75 Å². The summed E-state index contributed by atoms with van der Waals surface area (Å²) in [4.78, 5) is 11.9. The summed E-state index contributed by atoms with van der Waals surface area (Å²) in [6.45, 7) is 3.68. The van der Waals surface area contributed by atoms with Crippen LogP contribution in [0.1, 0.15) is 16.8 Å². The third-order valence-electron chi connectivity index (χ3n) is 3.82. The number of nitrogens with zero attached hydrogens (tertiary/aromatic N) is 3. The van der Waals surface area contributed by atoms with Gasteiger partial charge in [-0.25, -0.2) is 10.1 Å². The standard InChI is InChI=1S/C20H19ClN4O2/c1-14-8-10-17(11-9-14)27-13-19(26)23-22-12-18-15(2)24-25(20(18)21)16-6-4-3-5-7-16/h3-12H,13H2,1-2H3,(H,23,26)/b22-12+. The SMILES string of the molecule is Cc1ccc(OCC(=O)N/N=C/c2c(C)nn(-c3ccccc3)c2Cl)cc1. The van der Waals surface area contributed by atoms with Gasteiger partial charge in [0.05, 0.1) is 23.2 Å². The van der Waals surface area contributed by atoms with Crippen LogP contribution in [-0.4, -0.2) is 28.5 Å². The zero-order chi connectivity index (χ0) is 19.2. The number of aryl methyl sites for hydroxylation is 2. The Morgan fingerprint density at radius 2 is 1.89 bits per heavy atom. The van der Waals surface area contributed by atoms with Gasteiger partial charge in [0.1, 0.15) is 10.9 Å². The lowest BCUT2D eigenvalue weighted by molar-refractivity contribution is -0.123. The molecule has 2 aromatic carbocycles. The van der Waals surface area contributed by atoms with Crippen LogP contribution in [0.4, 0.5) is 0 Å². The number of ether oxygens (including phenoxy) is 1. The molecule has 0 spiro atoms. The third-order valence-corrected chi connectivity index (χ3v) is 4.19. The second-order valence-electron chi connectivity index (χ2n) is 5.93. The number of hydrazone groups is 1. The summed E-state index contributed by atoms with van der Waals surface area (Å²) in [5.41, 5.74) is 5.74. The maximum Gasteiger partial charge on any atom is 0.277 e. The molecule has 3 rings (SSSR count). The maximum atomic E-state index is 11.9. The fraction of sp³-hybridized carbons (Fsp3) is 0.150. The van der Waals surface area contributed by atoms with E-state index in [9.17, 15) is 4.79 Å². The van der Waals surface area contributed by atoms with Crippen LogP contribution in [0.2, 0.25) is 5.15 Å². The van der Waals surface area contributed by atoms with Gasteiger partial charge < -0.3 is 4.74 Å². The minimum absolute atomic E-state index is 0.129. The van der Waals surface area contributed by atoms with Crippen LogP contribution >= 0.6 is 11.6 Å². The normalized spacial score (nSPS) is 10.9. The zero-order valence-electron chi connectivity index (χ0n) is 15.0. The molecule has 0 bridgehead atoms. The van der Waals surface area contributed by atoms with E-state index < -0.39 is 0 Å². The third kappa shape index (κ3) is 4.74. The van der Waals surface area contributed by atoms with Crippen molar-refractivity contribution >= 4 is 23.7 Å². The molecule has 138 valence electrons. The highest BCUT2D eigenvalue weighted by molar-refractivity contribution is 6.32. The van der Waals surface area contributed by atoms with Gasteiger partial charge in [0, 0.05) is 0 Å². The molecule has 3 aromatic rings.